The van der Waals surface area contributed by atoms with Crippen molar-refractivity contribution in [2.75, 3.05) is 40.4 Å². The molecule has 0 aromatic rings. The molecule has 0 aromatic carbocycles. The van der Waals surface area contributed by atoms with Crippen LogP contribution in [-0.4, -0.2) is 51.3 Å². The first-order chi connectivity index (χ1) is 5.84. The van der Waals surface area contributed by atoms with Crippen LogP contribution in [0.25, 0.3) is 0 Å². The number of methoxy groups -OCH3 is 1. The van der Waals surface area contributed by atoms with Crippen molar-refractivity contribution >= 4 is 0 Å². The Balaban J connectivity index is 0.000000561. The van der Waals surface area contributed by atoms with E-state index in [1.165, 1.54) is 0 Å². The van der Waals surface area contributed by atoms with Crippen molar-refractivity contribution in [2.45, 2.75) is 19.9 Å². The van der Waals surface area contributed by atoms with Crippen LogP contribution < -0.4 is 5.32 Å². The van der Waals surface area contributed by atoms with Crippen LogP contribution >= 0.6 is 0 Å². The molecule has 1 N–H and O–H groups in total. The molecule has 0 amide bonds. The van der Waals surface area contributed by atoms with Crippen LogP contribution in [0.1, 0.15) is 13.8 Å². The second-order valence-electron chi connectivity index (χ2n) is 2.79. The van der Waals surface area contributed by atoms with Gasteiger partial charge in [0.25, 0.3) is 0 Å². The van der Waals surface area contributed by atoms with Gasteiger partial charge < -0.3 is 10.1 Å². The van der Waals surface area contributed by atoms with Crippen LogP contribution in [0.15, 0.2) is 0 Å². The maximum absolute atomic E-state index is 4.97. The van der Waals surface area contributed by atoms with E-state index in [4.69, 9.17) is 4.74 Å². The van der Waals surface area contributed by atoms with E-state index in [1.54, 1.807) is 7.11 Å². The van der Waals surface area contributed by atoms with Gasteiger partial charge in [0, 0.05) is 32.8 Å². The summed E-state index contributed by atoms with van der Waals surface area (Å²) in [6, 6.07) is 0.746. The summed E-state index contributed by atoms with van der Waals surface area (Å²) in [5, 5.41) is 3.24. The Morgan fingerprint density at radius 3 is 2.33 bits per heavy atom. The third-order valence-electron chi connectivity index (χ3n) is 2.03. The summed E-state index contributed by atoms with van der Waals surface area (Å²) in [5.41, 5.74) is 0. The number of hydrogen-bond donors (Lipinski definition) is 1. The lowest BCUT2D eigenvalue weighted by Crippen LogP contribution is -2.56. The van der Waals surface area contributed by atoms with E-state index < -0.39 is 0 Å². The molecule has 12 heavy (non-hydrogen) atoms. The van der Waals surface area contributed by atoms with Crippen LogP contribution in [0.2, 0.25) is 0 Å². The van der Waals surface area contributed by atoms with Gasteiger partial charge >= 0.3 is 0 Å². The summed E-state index contributed by atoms with van der Waals surface area (Å²) in [7, 11) is 3.89. The molecule has 1 saturated heterocycles. The Morgan fingerprint density at radius 2 is 2.00 bits per heavy atom. The van der Waals surface area contributed by atoms with Gasteiger partial charge in [-0.2, -0.15) is 0 Å². The highest BCUT2D eigenvalue weighted by molar-refractivity contribution is 4.82. The fraction of sp³-hybridized carbons (Fsp3) is 1.00. The minimum absolute atomic E-state index is 0.746. The summed E-state index contributed by atoms with van der Waals surface area (Å²) in [5.74, 6) is 0. The Hall–Kier alpha value is -0.120. The Bertz CT molecular complexity index is 94.5. The third-order valence-corrected chi connectivity index (χ3v) is 2.03. The Morgan fingerprint density at radius 1 is 1.42 bits per heavy atom. The van der Waals surface area contributed by atoms with Crippen LogP contribution in [-0.2, 0) is 4.74 Å². The lowest BCUT2D eigenvalue weighted by atomic mass is 10.1. The summed E-state index contributed by atoms with van der Waals surface area (Å²) in [6.07, 6.45) is 0. The molecule has 0 aliphatic carbocycles. The van der Waals surface area contributed by atoms with Crippen LogP contribution in [0.4, 0.5) is 0 Å². The van der Waals surface area contributed by atoms with Gasteiger partial charge in [-0.15, -0.1) is 0 Å². The van der Waals surface area contributed by atoms with Gasteiger partial charge in [-0.25, -0.2) is 0 Å². The molecule has 0 spiro atoms. The van der Waals surface area contributed by atoms with Gasteiger partial charge in [0.1, 0.15) is 0 Å². The molecule has 1 aliphatic rings. The van der Waals surface area contributed by atoms with E-state index in [9.17, 15) is 0 Å². The largest absolute Gasteiger partial charge is 0.383 e. The van der Waals surface area contributed by atoms with Gasteiger partial charge in [0.05, 0.1) is 6.61 Å². The molecule has 1 rings (SSSR count). The molecular formula is C9H22N2O. The second-order valence-corrected chi connectivity index (χ2v) is 2.79. The number of rotatable bonds is 4. The molecule has 0 radical (unpaired) electrons. The van der Waals surface area contributed by atoms with E-state index in [2.05, 4.69) is 17.3 Å². The zero-order valence-electron chi connectivity index (χ0n) is 8.76. The SMILES string of the molecule is CC.COCCN(C)C1CNC1. The predicted molar refractivity (Wildman–Crippen MR) is 52.5 cm³/mol. The quantitative estimate of drug-likeness (QED) is 0.674. The molecule has 0 unspecified atom stereocenters. The minimum atomic E-state index is 0.746. The molecule has 0 bridgehead atoms. The predicted octanol–water partition coefficient (Wildman–Crippen LogP) is 0.563. The third kappa shape index (κ3) is 4.04. The monoisotopic (exact) mass is 174 g/mol. The average Bonchev–Trinajstić information content (AvgIpc) is 2.01. The van der Waals surface area contributed by atoms with Crippen molar-refractivity contribution in [2.24, 2.45) is 0 Å². The zero-order chi connectivity index (χ0) is 9.40. The topological polar surface area (TPSA) is 24.5 Å². The maximum Gasteiger partial charge on any atom is 0.0589 e. The first-order valence-corrected chi connectivity index (χ1v) is 4.74. The molecule has 1 fully saturated rings. The van der Waals surface area contributed by atoms with Crippen LogP contribution in [0.3, 0.4) is 0 Å². The summed E-state index contributed by atoms with van der Waals surface area (Å²) in [4.78, 5) is 2.33. The molecule has 3 heteroatoms. The number of nitrogens with zero attached hydrogens (tertiary/aromatic N) is 1. The lowest BCUT2D eigenvalue weighted by Gasteiger charge is -2.35. The van der Waals surface area contributed by atoms with E-state index >= 15 is 0 Å². The van der Waals surface area contributed by atoms with E-state index in [0.717, 1.165) is 32.3 Å². The fourth-order valence-electron chi connectivity index (χ4n) is 1.00. The van der Waals surface area contributed by atoms with E-state index in [-0.39, 0.29) is 0 Å². The Kier molecular flexibility index (Phi) is 7.45. The number of ether oxygens (including phenoxy) is 1. The van der Waals surface area contributed by atoms with Crippen molar-refractivity contribution in [1.82, 2.24) is 10.2 Å². The Labute approximate surface area is 76.1 Å². The van der Waals surface area contributed by atoms with Gasteiger partial charge in [0.2, 0.25) is 0 Å². The van der Waals surface area contributed by atoms with Crippen molar-refractivity contribution < 1.29 is 4.74 Å². The summed E-state index contributed by atoms with van der Waals surface area (Å²) in [6.45, 7) is 8.16. The maximum atomic E-state index is 4.97. The highest BCUT2D eigenvalue weighted by Gasteiger charge is 2.20. The van der Waals surface area contributed by atoms with Crippen LogP contribution in [0, 0.1) is 0 Å². The zero-order valence-corrected chi connectivity index (χ0v) is 8.76. The van der Waals surface area contributed by atoms with E-state index in [1.807, 2.05) is 13.8 Å². The molecule has 0 saturated carbocycles. The smallest absolute Gasteiger partial charge is 0.0589 e. The molecule has 3 nitrogen and oxygen atoms in total. The number of nitrogens with one attached hydrogen (secondary N) is 1. The lowest BCUT2D eigenvalue weighted by molar-refractivity contribution is 0.117. The molecular weight excluding hydrogens is 152 g/mol. The standard InChI is InChI=1S/C7H16N2O.C2H6/c1-9(3-4-10-2)7-5-8-6-7;1-2/h7-8H,3-6H2,1-2H3;1-2H3. The highest BCUT2D eigenvalue weighted by Crippen LogP contribution is 2.00. The van der Waals surface area contributed by atoms with Crippen molar-refractivity contribution in [3.8, 4) is 0 Å². The fourth-order valence-corrected chi connectivity index (χ4v) is 1.00. The van der Waals surface area contributed by atoms with Gasteiger partial charge in [-0.3, -0.25) is 4.90 Å². The number of likely N-dealkylation sites (N-methyl/N-ethyl adjacent to an activating group) is 1. The average molecular weight is 174 g/mol. The van der Waals surface area contributed by atoms with Gasteiger partial charge in [0.15, 0.2) is 0 Å². The highest BCUT2D eigenvalue weighted by atomic mass is 16.5. The van der Waals surface area contributed by atoms with Crippen molar-refractivity contribution in [3.63, 3.8) is 0 Å². The minimum Gasteiger partial charge on any atom is -0.383 e. The second kappa shape index (κ2) is 7.53. The first-order valence-electron chi connectivity index (χ1n) is 4.74. The molecule has 1 heterocycles. The molecule has 0 aromatic heterocycles. The molecule has 74 valence electrons. The number of hydrogen-bond acceptors (Lipinski definition) is 3. The van der Waals surface area contributed by atoms with Crippen molar-refractivity contribution in [3.05, 3.63) is 0 Å². The molecule has 1 aliphatic heterocycles. The normalized spacial score (nSPS) is 16.8. The van der Waals surface area contributed by atoms with Crippen LogP contribution in [0.5, 0.6) is 0 Å². The van der Waals surface area contributed by atoms with E-state index in [0.29, 0.717) is 0 Å². The first kappa shape index (κ1) is 11.9. The van der Waals surface area contributed by atoms with Gasteiger partial charge in [-0.1, -0.05) is 13.8 Å². The summed E-state index contributed by atoms with van der Waals surface area (Å²) < 4.78 is 4.97. The summed E-state index contributed by atoms with van der Waals surface area (Å²) >= 11 is 0. The molecule has 0 atom stereocenters. The van der Waals surface area contributed by atoms with Crippen molar-refractivity contribution in [1.29, 1.82) is 0 Å². The van der Waals surface area contributed by atoms with Gasteiger partial charge in [-0.05, 0) is 7.05 Å².